The van der Waals surface area contributed by atoms with E-state index in [-0.39, 0.29) is 22.3 Å². The minimum atomic E-state index is -0.0417. The number of nitrogens with one attached hydrogen (secondary N) is 2. The van der Waals surface area contributed by atoms with Gasteiger partial charge in [-0.25, -0.2) is 0 Å². The molecule has 14 heavy (non-hydrogen) atoms. The largest absolute Gasteiger partial charge is 0.355 e. The maximum absolute atomic E-state index is 10.4. The second-order valence-corrected chi connectivity index (χ2v) is 4.44. The molecule has 2 aliphatic rings. The highest BCUT2D eigenvalue weighted by atomic mass is 32.1. The molecule has 2 N–H and O–H groups in total. The van der Waals surface area contributed by atoms with Crippen molar-refractivity contribution < 1.29 is 9.59 Å². The molecule has 4 nitrogen and oxygen atoms in total. The molecular formula is C8H14N2O2S2. The molecule has 0 spiro atoms. The quantitative estimate of drug-likeness (QED) is 0.432. The molecule has 2 saturated heterocycles. The van der Waals surface area contributed by atoms with E-state index in [9.17, 15) is 9.59 Å². The Hall–Kier alpha value is -0.360. The molecule has 2 atom stereocenters. The van der Waals surface area contributed by atoms with Gasteiger partial charge in [-0.3, -0.25) is 9.59 Å². The van der Waals surface area contributed by atoms with Crippen LogP contribution < -0.4 is 10.6 Å². The number of thiol groups is 2. The van der Waals surface area contributed by atoms with Crippen LogP contribution >= 0.6 is 25.3 Å². The van der Waals surface area contributed by atoms with E-state index in [1.165, 1.54) is 0 Å². The van der Waals surface area contributed by atoms with Gasteiger partial charge in [0.15, 0.2) is 0 Å². The minimum Gasteiger partial charge on any atom is -0.355 e. The van der Waals surface area contributed by atoms with Gasteiger partial charge in [-0.05, 0) is 12.8 Å². The summed E-state index contributed by atoms with van der Waals surface area (Å²) in [6.07, 6.45) is 1.75. The van der Waals surface area contributed by atoms with Gasteiger partial charge >= 0.3 is 0 Å². The highest BCUT2D eigenvalue weighted by Gasteiger charge is 2.19. The summed E-state index contributed by atoms with van der Waals surface area (Å²) in [5.74, 6) is 0.145. The van der Waals surface area contributed by atoms with Crippen LogP contribution in [0.5, 0.6) is 0 Å². The second kappa shape index (κ2) is 5.50. The van der Waals surface area contributed by atoms with Crippen LogP contribution in [0.3, 0.4) is 0 Å². The van der Waals surface area contributed by atoms with Crippen molar-refractivity contribution in [2.75, 3.05) is 13.1 Å². The molecule has 0 aliphatic carbocycles. The number of carbonyl (C=O) groups excluding carboxylic acids is 2. The molecular weight excluding hydrogens is 220 g/mol. The minimum absolute atomic E-state index is 0.0417. The fraction of sp³-hybridized carbons (Fsp3) is 0.750. The third kappa shape index (κ3) is 3.42. The lowest BCUT2D eigenvalue weighted by atomic mass is 10.4. The standard InChI is InChI=1S/2C4H7NOS/c2*6-4-3(7)1-2-5-4/h2*3,7H,1-2H2,(H,5,6). The summed E-state index contributed by atoms with van der Waals surface area (Å²) in [6.45, 7) is 1.60. The van der Waals surface area contributed by atoms with Crippen LogP contribution in [-0.4, -0.2) is 35.4 Å². The van der Waals surface area contributed by atoms with Gasteiger partial charge in [-0.15, -0.1) is 0 Å². The van der Waals surface area contributed by atoms with Crippen molar-refractivity contribution in [2.45, 2.75) is 23.3 Å². The molecule has 0 aromatic carbocycles. The summed E-state index contributed by atoms with van der Waals surface area (Å²) >= 11 is 7.95. The average molecular weight is 234 g/mol. The molecule has 0 bridgehead atoms. The fourth-order valence-corrected chi connectivity index (χ4v) is 1.60. The van der Waals surface area contributed by atoms with Crippen LogP contribution in [0.4, 0.5) is 0 Å². The molecule has 0 saturated carbocycles. The molecule has 0 aromatic rings. The highest BCUT2D eigenvalue weighted by Crippen LogP contribution is 2.05. The Bertz CT molecular complexity index is 211. The molecule has 6 heteroatoms. The van der Waals surface area contributed by atoms with Gasteiger partial charge in [0.25, 0.3) is 0 Å². The monoisotopic (exact) mass is 234 g/mol. The topological polar surface area (TPSA) is 58.2 Å². The van der Waals surface area contributed by atoms with E-state index in [1.807, 2.05) is 0 Å². The summed E-state index contributed by atoms with van der Waals surface area (Å²) in [6, 6.07) is 0. The Morgan fingerprint density at radius 1 is 0.929 bits per heavy atom. The van der Waals surface area contributed by atoms with E-state index in [0.29, 0.717) is 0 Å². The van der Waals surface area contributed by atoms with Crippen molar-refractivity contribution >= 4 is 37.1 Å². The Morgan fingerprint density at radius 3 is 1.36 bits per heavy atom. The second-order valence-electron chi connectivity index (χ2n) is 3.19. The zero-order valence-corrected chi connectivity index (χ0v) is 9.48. The van der Waals surface area contributed by atoms with E-state index in [2.05, 4.69) is 35.9 Å². The lowest BCUT2D eigenvalue weighted by Gasteiger charge is -1.89. The molecule has 2 unspecified atom stereocenters. The predicted molar refractivity (Wildman–Crippen MR) is 60.8 cm³/mol. The van der Waals surface area contributed by atoms with Crippen molar-refractivity contribution in [2.24, 2.45) is 0 Å². The third-order valence-electron chi connectivity index (χ3n) is 2.04. The van der Waals surface area contributed by atoms with Gasteiger partial charge in [-0.1, -0.05) is 0 Å². The molecule has 2 heterocycles. The number of rotatable bonds is 0. The first-order valence-corrected chi connectivity index (χ1v) is 5.56. The molecule has 2 amide bonds. The van der Waals surface area contributed by atoms with Crippen molar-refractivity contribution in [1.29, 1.82) is 0 Å². The van der Waals surface area contributed by atoms with E-state index in [1.54, 1.807) is 0 Å². The number of carbonyl (C=O) groups is 2. The average Bonchev–Trinajstić information content (AvgIpc) is 2.67. The zero-order valence-electron chi connectivity index (χ0n) is 7.69. The molecule has 2 aliphatic heterocycles. The highest BCUT2D eigenvalue weighted by molar-refractivity contribution is 7.82. The first-order valence-electron chi connectivity index (χ1n) is 4.53. The van der Waals surface area contributed by atoms with E-state index in [0.717, 1.165) is 25.9 Å². The van der Waals surface area contributed by atoms with Crippen LogP contribution in [0.15, 0.2) is 0 Å². The van der Waals surface area contributed by atoms with Gasteiger partial charge in [0.1, 0.15) is 0 Å². The van der Waals surface area contributed by atoms with Crippen LogP contribution in [0, 0.1) is 0 Å². The summed E-state index contributed by atoms with van der Waals surface area (Å²) in [4.78, 5) is 20.8. The normalized spacial score (nSPS) is 30.4. The van der Waals surface area contributed by atoms with Gasteiger partial charge in [-0.2, -0.15) is 25.3 Å². The van der Waals surface area contributed by atoms with E-state index < -0.39 is 0 Å². The maximum Gasteiger partial charge on any atom is 0.232 e. The van der Waals surface area contributed by atoms with Crippen molar-refractivity contribution in [1.82, 2.24) is 10.6 Å². The lowest BCUT2D eigenvalue weighted by molar-refractivity contribution is -0.119. The summed E-state index contributed by atoms with van der Waals surface area (Å²) in [5, 5.41) is 5.22. The molecule has 80 valence electrons. The smallest absolute Gasteiger partial charge is 0.232 e. The van der Waals surface area contributed by atoms with E-state index in [4.69, 9.17) is 0 Å². The van der Waals surface area contributed by atoms with Crippen LogP contribution in [0.1, 0.15) is 12.8 Å². The third-order valence-corrected chi connectivity index (χ3v) is 3.02. The van der Waals surface area contributed by atoms with Crippen molar-refractivity contribution in [3.63, 3.8) is 0 Å². The summed E-state index contributed by atoms with van der Waals surface area (Å²) in [5.41, 5.74) is 0. The number of hydrogen-bond acceptors (Lipinski definition) is 4. The lowest BCUT2D eigenvalue weighted by Crippen LogP contribution is -2.18. The van der Waals surface area contributed by atoms with Gasteiger partial charge in [0.2, 0.25) is 11.8 Å². The number of amides is 2. The van der Waals surface area contributed by atoms with Gasteiger partial charge in [0, 0.05) is 13.1 Å². The van der Waals surface area contributed by atoms with E-state index >= 15 is 0 Å². The number of hydrogen-bond donors (Lipinski definition) is 4. The van der Waals surface area contributed by atoms with Crippen molar-refractivity contribution in [3.8, 4) is 0 Å². The molecule has 0 radical (unpaired) electrons. The Labute approximate surface area is 94.0 Å². The Balaban J connectivity index is 0.000000140. The fourth-order valence-electron chi connectivity index (χ4n) is 1.16. The van der Waals surface area contributed by atoms with Crippen LogP contribution in [0.2, 0.25) is 0 Å². The molecule has 2 fully saturated rings. The first kappa shape index (κ1) is 11.7. The summed E-state index contributed by atoms with van der Waals surface area (Å²) < 4.78 is 0. The molecule has 0 aromatic heterocycles. The summed E-state index contributed by atoms with van der Waals surface area (Å²) in [7, 11) is 0. The van der Waals surface area contributed by atoms with Crippen LogP contribution in [0.25, 0.3) is 0 Å². The predicted octanol–water partition coefficient (Wildman–Crippen LogP) is -0.391. The Kier molecular flexibility index (Phi) is 4.60. The van der Waals surface area contributed by atoms with Crippen molar-refractivity contribution in [3.05, 3.63) is 0 Å². The van der Waals surface area contributed by atoms with Gasteiger partial charge < -0.3 is 10.6 Å². The first-order chi connectivity index (χ1) is 6.61. The van der Waals surface area contributed by atoms with Crippen LogP contribution in [-0.2, 0) is 9.59 Å². The maximum atomic E-state index is 10.4. The zero-order chi connectivity index (χ0) is 10.6. The van der Waals surface area contributed by atoms with Gasteiger partial charge in [0.05, 0.1) is 10.5 Å². The SMILES string of the molecule is O=C1NCCC1S.O=C1NCCC1S. The molecule has 2 rings (SSSR count). The Morgan fingerprint density at radius 2 is 1.29 bits per heavy atom.